The van der Waals surface area contributed by atoms with E-state index in [9.17, 15) is 14.0 Å². The van der Waals surface area contributed by atoms with Crippen LogP contribution in [0.25, 0.3) is 0 Å². The zero-order valence-electron chi connectivity index (χ0n) is 26.0. The van der Waals surface area contributed by atoms with Crippen LogP contribution in [0.3, 0.4) is 0 Å². The quantitative estimate of drug-likeness (QED) is 0.301. The van der Waals surface area contributed by atoms with Crippen LogP contribution in [0.4, 0.5) is 9.18 Å². The van der Waals surface area contributed by atoms with Crippen molar-refractivity contribution in [1.29, 1.82) is 0 Å². The third-order valence-corrected chi connectivity index (χ3v) is 5.48. The van der Waals surface area contributed by atoms with Gasteiger partial charge < -0.3 is 20.3 Å². The fraction of sp³-hybridized carbons (Fsp3) is 0.562. The van der Waals surface area contributed by atoms with Crippen LogP contribution in [0, 0.1) is 5.92 Å². The molecular formula is C32H54FN3O3. The summed E-state index contributed by atoms with van der Waals surface area (Å²) in [4.78, 5) is 27.3. The second-order valence-electron chi connectivity index (χ2n) is 10.2. The van der Waals surface area contributed by atoms with E-state index in [-0.39, 0.29) is 17.6 Å². The SMILES string of the molecule is C=C/C(N/C(=C/C)C(C)C(=O)N1CCCCC(NC(=O)OC(C)(C)C)CC1)=C(/F)C=C(C)C.C=CC=C.CC. The number of amides is 2. The van der Waals surface area contributed by atoms with Crippen LogP contribution in [0.2, 0.25) is 0 Å². The molecule has 7 heteroatoms. The summed E-state index contributed by atoms with van der Waals surface area (Å²) in [6, 6.07) is -0.0430. The number of nitrogens with one attached hydrogen (secondary N) is 2. The lowest BCUT2D eigenvalue weighted by molar-refractivity contribution is -0.134. The Bertz CT molecular complexity index is 872. The highest BCUT2D eigenvalue weighted by Crippen LogP contribution is 2.20. The van der Waals surface area contributed by atoms with Crippen molar-refractivity contribution in [2.24, 2.45) is 5.92 Å². The van der Waals surface area contributed by atoms with Crippen LogP contribution in [-0.2, 0) is 9.53 Å². The molecule has 2 atom stereocenters. The summed E-state index contributed by atoms with van der Waals surface area (Å²) < 4.78 is 19.9. The molecule has 1 heterocycles. The molecule has 1 saturated heterocycles. The molecule has 2 amide bonds. The molecule has 0 aromatic heterocycles. The predicted molar refractivity (Wildman–Crippen MR) is 164 cm³/mol. The molecule has 1 fully saturated rings. The van der Waals surface area contributed by atoms with E-state index in [1.54, 1.807) is 18.2 Å². The van der Waals surface area contributed by atoms with E-state index >= 15 is 0 Å². The average molecular weight is 548 g/mol. The molecule has 0 bridgehead atoms. The van der Waals surface area contributed by atoms with Crippen molar-refractivity contribution < 1.29 is 18.7 Å². The lowest BCUT2D eigenvalue weighted by Crippen LogP contribution is -2.45. The lowest BCUT2D eigenvalue weighted by Gasteiger charge is -2.32. The van der Waals surface area contributed by atoms with Gasteiger partial charge in [0.2, 0.25) is 5.91 Å². The second kappa shape index (κ2) is 20.8. The van der Waals surface area contributed by atoms with Gasteiger partial charge in [-0.2, -0.15) is 0 Å². The van der Waals surface area contributed by atoms with Crippen molar-refractivity contribution in [1.82, 2.24) is 15.5 Å². The molecule has 2 unspecified atom stereocenters. The number of alkyl carbamates (subject to hydrolysis) is 1. The van der Waals surface area contributed by atoms with Crippen molar-refractivity contribution in [2.45, 2.75) is 99.6 Å². The maximum Gasteiger partial charge on any atom is 0.407 e. The summed E-state index contributed by atoms with van der Waals surface area (Å²) in [6.45, 7) is 28.4. The first kappa shape index (κ1) is 38.1. The molecule has 0 aromatic rings. The van der Waals surface area contributed by atoms with Gasteiger partial charge in [0.05, 0.1) is 11.6 Å². The molecule has 1 aliphatic rings. The highest BCUT2D eigenvalue weighted by Gasteiger charge is 2.27. The number of rotatable bonds is 8. The van der Waals surface area contributed by atoms with Gasteiger partial charge in [0.1, 0.15) is 11.4 Å². The van der Waals surface area contributed by atoms with Gasteiger partial charge in [-0.25, -0.2) is 9.18 Å². The number of allylic oxidation sites excluding steroid dienone is 7. The topological polar surface area (TPSA) is 70.7 Å². The van der Waals surface area contributed by atoms with E-state index in [1.165, 1.54) is 12.2 Å². The molecule has 6 nitrogen and oxygen atoms in total. The molecular weight excluding hydrogens is 493 g/mol. The first-order chi connectivity index (χ1) is 18.3. The van der Waals surface area contributed by atoms with E-state index < -0.39 is 23.4 Å². The zero-order chi connectivity index (χ0) is 30.6. The second-order valence-corrected chi connectivity index (χ2v) is 10.2. The van der Waals surface area contributed by atoms with Gasteiger partial charge >= 0.3 is 6.09 Å². The number of ether oxygens (including phenoxy) is 1. The fourth-order valence-corrected chi connectivity index (χ4v) is 3.63. The van der Waals surface area contributed by atoms with Crippen LogP contribution < -0.4 is 10.6 Å². The number of nitrogens with zero attached hydrogens (tertiary/aromatic N) is 1. The van der Waals surface area contributed by atoms with Gasteiger partial charge in [0.15, 0.2) is 0 Å². The zero-order valence-corrected chi connectivity index (χ0v) is 26.0. The van der Waals surface area contributed by atoms with E-state index in [2.05, 4.69) is 30.4 Å². The average Bonchev–Trinajstić information content (AvgIpc) is 2.85. The van der Waals surface area contributed by atoms with Gasteiger partial charge in [-0.3, -0.25) is 4.79 Å². The molecule has 0 spiro atoms. The molecule has 2 N–H and O–H groups in total. The first-order valence-corrected chi connectivity index (χ1v) is 13.9. The lowest BCUT2D eigenvalue weighted by atomic mass is 10.0. The van der Waals surface area contributed by atoms with Gasteiger partial charge in [-0.05, 0) is 86.3 Å². The Balaban J connectivity index is 0. The molecule has 0 saturated carbocycles. The Hall–Kier alpha value is -3.09. The molecule has 39 heavy (non-hydrogen) atoms. The maximum atomic E-state index is 14.5. The third-order valence-electron chi connectivity index (χ3n) is 5.48. The van der Waals surface area contributed by atoms with Crippen molar-refractivity contribution in [2.75, 3.05) is 13.1 Å². The number of carbonyl (C=O) groups is 2. The Kier molecular flexibility index (Phi) is 20.3. The van der Waals surface area contributed by atoms with Crippen molar-refractivity contribution in [3.8, 4) is 0 Å². The van der Waals surface area contributed by atoms with Gasteiger partial charge in [0, 0.05) is 24.8 Å². The van der Waals surface area contributed by atoms with E-state index in [0.717, 1.165) is 24.8 Å². The summed E-state index contributed by atoms with van der Waals surface area (Å²) in [5.41, 5.74) is 1.13. The van der Waals surface area contributed by atoms with E-state index in [0.29, 0.717) is 25.2 Å². The normalized spacial score (nSPS) is 17.0. The minimum atomic E-state index is -0.553. The van der Waals surface area contributed by atoms with Crippen LogP contribution in [0.5, 0.6) is 0 Å². The highest BCUT2D eigenvalue weighted by atomic mass is 19.1. The summed E-state index contributed by atoms with van der Waals surface area (Å²) >= 11 is 0. The van der Waals surface area contributed by atoms with Crippen molar-refractivity contribution >= 4 is 12.0 Å². The Morgan fingerprint density at radius 3 is 2.10 bits per heavy atom. The summed E-state index contributed by atoms with van der Waals surface area (Å²) in [7, 11) is 0. The molecule has 1 aliphatic heterocycles. The number of hydrogen-bond donors (Lipinski definition) is 2. The summed E-state index contributed by atoms with van der Waals surface area (Å²) in [5, 5.41) is 5.99. The standard InChI is InChI=1S/C26H42FN3O3.C4H6.C2H6/c1-9-22(29-23(10-2)21(27)17-18(3)4)19(5)24(31)30-15-12-11-13-20(14-16-30)28-25(32)33-26(6,7)8;1-3-4-2;1-2/h9-10,17,19-20,29H,2,11-16H2,1,3-8H3,(H,28,32);3-4H,1-2H2;1-2H3/b22-9+,23-21-;;. The maximum absolute atomic E-state index is 14.5. The van der Waals surface area contributed by atoms with E-state index in [4.69, 9.17) is 4.74 Å². The smallest absolute Gasteiger partial charge is 0.407 e. The molecule has 0 aliphatic carbocycles. The van der Waals surface area contributed by atoms with E-state index in [1.807, 2.05) is 67.2 Å². The van der Waals surface area contributed by atoms with Crippen molar-refractivity contribution in [3.05, 3.63) is 72.9 Å². The molecule has 222 valence electrons. The van der Waals surface area contributed by atoms with Gasteiger partial charge in [0.25, 0.3) is 0 Å². The monoisotopic (exact) mass is 547 g/mol. The fourth-order valence-electron chi connectivity index (χ4n) is 3.63. The van der Waals surface area contributed by atoms with Crippen LogP contribution in [0.15, 0.2) is 72.9 Å². The third kappa shape index (κ3) is 17.2. The molecule has 0 aromatic carbocycles. The van der Waals surface area contributed by atoms with Crippen LogP contribution >= 0.6 is 0 Å². The van der Waals surface area contributed by atoms with Crippen LogP contribution in [0.1, 0.15) is 88.0 Å². The Morgan fingerprint density at radius 2 is 1.64 bits per heavy atom. The largest absolute Gasteiger partial charge is 0.444 e. The minimum absolute atomic E-state index is 0.0282. The molecule has 0 radical (unpaired) electrons. The van der Waals surface area contributed by atoms with Gasteiger partial charge in [-0.15, -0.1) is 0 Å². The Morgan fingerprint density at radius 1 is 1.05 bits per heavy atom. The minimum Gasteiger partial charge on any atom is -0.444 e. The Labute approximate surface area is 237 Å². The summed E-state index contributed by atoms with van der Waals surface area (Å²) in [6.07, 6.45) is 10.8. The predicted octanol–water partition coefficient (Wildman–Crippen LogP) is 8.13. The van der Waals surface area contributed by atoms with Crippen molar-refractivity contribution in [3.63, 3.8) is 0 Å². The number of halogens is 1. The number of likely N-dealkylation sites (tertiary alicyclic amines) is 1. The number of hydrogen-bond acceptors (Lipinski definition) is 4. The molecule has 1 rings (SSSR count). The number of carbonyl (C=O) groups excluding carboxylic acids is 2. The highest BCUT2D eigenvalue weighted by molar-refractivity contribution is 5.81. The first-order valence-electron chi connectivity index (χ1n) is 13.9. The summed E-state index contributed by atoms with van der Waals surface area (Å²) in [5.74, 6) is -0.924. The van der Waals surface area contributed by atoms with Crippen LogP contribution in [-0.4, -0.2) is 41.6 Å². The van der Waals surface area contributed by atoms with Gasteiger partial charge in [-0.1, -0.05) is 57.4 Å².